The Labute approximate surface area is 168 Å². The number of urea groups is 1. The van der Waals surface area contributed by atoms with E-state index < -0.39 is 16.1 Å². The van der Waals surface area contributed by atoms with E-state index in [2.05, 4.69) is 35.5 Å². The van der Waals surface area contributed by atoms with Gasteiger partial charge in [-0.1, -0.05) is 6.07 Å². The van der Waals surface area contributed by atoms with E-state index in [1.165, 1.54) is 30.9 Å². The molecule has 29 heavy (non-hydrogen) atoms. The first-order valence-electron chi connectivity index (χ1n) is 8.78. The van der Waals surface area contributed by atoms with Crippen molar-refractivity contribution in [3.05, 3.63) is 43.0 Å². The van der Waals surface area contributed by atoms with Gasteiger partial charge in [-0.3, -0.25) is 10.3 Å². The van der Waals surface area contributed by atoms with Gasteiger partial charge in [0.25, 0.3) is 0 Å². The number of nitrogens with zero attached hydrogens (tertiary/aromatic N) is 3. The van der Waals surface area contributed by atoms with Crippen LogP contribution < -0.4 is 21.1 Å². The van der Waals surface area contributed by atoms with Crippen LogP contribution in [0.1, 0.15) is 13.8 Å². The van der Waals surface area contributed by atoms with Crippen LogP contribution in [-0.2, 0) is 10.0 Å². The third-order valence-corrected chi connectivity index (χ3v) is 4.97. The summed E-state index contributed by atoms with van der Waals surface area (Å²) in [6.07, 6.45) is 5.72. The van der Waals surface area contributed by atoms with E-state index >= 15 is 0 Å². The fourth-order valence-electron chi connectivity index (χ4n) is 2.17. The maximum Gasteiger partial charge on any atom is 0.321 e. The Balaban J connectivity index is 2.31. The van der Waals surface area contributed by atoms with Crippen LogP contribution in [0.5, 0.6) is 0 Å². The SMILES string of the molecule is CC(C)NS(=O)(=O)c1cncc(-c2cccnc(NC(=O)NCCN)[nH]nc2)c1. The Kier molecular flexibility index (Phi) is 8.00. The normalized spacial score (nSPS) is 11.0. The second-order valence-electron chi connectivity index (χ2n) is 6.17. The molecule has 6 N–H and O–H groups in total. The van der Waals surface area contributed by atoms with E-state index in [4.69, 9.17) is 5.73 Å². The number of amides is 2. The summed E-state index contributed by atoms with van der Waals surface area (Å²) in [4.78, 5) is 19.8. The lowest BCUT2D eigenvalue weighted by Crippen LogP contribution is -2.33. The lowest BCUT2D eigenvalue weighted by atomic mass is 10.1. The van der Waals surface area contributed by atoms with Crippen molar-refractivity contribution >= 4 is 22.0 Å². The number of H-pyrrole nitrogens is 1. The summed E-state index contributed by atoms with van der Waals surface area (Å²) >= 11 is 0. The molecule has 0 saturated carbocycles. The molecule has 2 aromatic rings. The van der Waals surface area contributed by atoms with Gasteiger partial charge in [-0.05, 0) is 26.0 Å². The molecule has 0 aliphatic heterocycles. The molecule has 11 nitrogen and oxygen atoms in total. The van der Waals surface area contributed by atoms with Crippen LogP contribution in [0, 0.1) is 0 Å². The van der Waals surface area contributed by atoms with Gasteiger partial charge in [0, 0.05) is 48.8 Å². The van der Waals surface area contributed by atoms with Crippen molar-refractivity contribution in [1.29, 1.82) is 0 Å². The van der Waals surface area contributed by atoms with Crippen molar-refractivity contribution in [3.8, 4) is 11.1 Å². The zero-order valence-electron chi connectivity index (χ0n) is 16.1. The standard InChI is InChI=1S/C17H24N8O3S/c1-12(2)25-29(27,28)15-8-14(9-19-11-15)13-4-3-6-20-16(24-22-10-13)23-17(26)21-7-5-18/h3-4,6,8-12,25H,5,7,18H2,1-2H3,(H3,20,21,23,24,26). The van der Waals surface area contributed by atoms with Crippen LogP contribution in [0.2, 0.25) is 0 Å². The minimum absolute atomic E-state index is 0.0463. The van der Waals surface area contributed by atoms with E-state index in [0.29, 0.717) is 24.2 Å². The van der Waals surface area contributed by atoms with Crippen LogP contribution in [0.4, 0.5) is 10.7 Å². The van der Waals surface area contributed by atoms with Crippen LogP contribution in [0.15, 0.2) is 47.9 Å². The Hall–Kier alpha value is -3.09. The molecule has 2 heterocycles. The predicted molar refractivity (Wildman–Crippen MR) is 109 cm³/mol. The molecule has 0 spiro atoms. The van der Waals surface area contributed by atoms with E-state index in [9.17, 15) is 13.2 Å². The fourth-order valence-corrected chi connectivity index (χ4v) is 3.41. The van der Waals surface area contributed by atoms with Crippen molar-refractivity contribution in [2.75, 3.05) is 18.4 Å². The van der Waals surface area contributed by atoms with Gasteiger partial charge >= 0.3 is 6.03 Å². The van der Waals surface area contributed by atoms with E-state index in [0.717, 1.165) is 0 Å². The molecular formula is C17H24N8O3S. The van der Waals surface area contributed by atoms with Crippen LogP contribution >= 0.6 is 0 Å². The molecule has 2 aromatic heterocycles. The minimum atomic E-state index is -3.68. The smallest absolute Gasteiger partial charge is 0.321 e. The van der Waals surface area contributed by atoms with E-state index in [1.807, 2.05) is 0 Å². The molecule has 12 heteroatoms. The molecule has 0 saturated heterocycles. The first-order valence-corrected chi connectivity index (χ1v) is 10.3. The average Bonchev–Trinajstić information content (AvgIpc) is 2.78. The monoisotopic (exact) mass is 420 g/mol. The molecule has 2 rings (SSSR count). The van der Waals surface area contributed by atoms with Gasteiger partial charge in [0.1, 0.15) is 4.90 Å². The highest BCUT2D eigenvalue weighted by Crippen LogP contribution is 2.19. The van der Waals surface area contributed by atoms with Gasteiger partial charge in [0.2, 0.25) is 16.0 Å². The average molecular weight is 420 g/mol. The Bertz CT molecular complexity index is 989. The molecular weight excluding hydrogens is 396 g/mol. The van der Waals surface area contributed by atoms with Gasteiger partial charge in [0.05, 0.1) is 6.20 Å². The number of hydrogen-bond acceptors (Lipinski definition) is 7. The van der Waals surface area contributed by atoms with E-state index in [-0.39, 0.29) is 16.9 Å². The maximum absolute atomic E-state index is 12.4. The highest BCUT2D eigenvalue weighted by molar-refractivity contribution is 7.89. The van der Waals surface area contributed by atoms with Crippen molar-refractivity contribution < 1.29 is 13.2 Å². The molecule has 0 atom stereocenters. The van der Waals surface area contributed by atoms with Gasteiger partial charge in [-0.15, -0.1) is 0 Å². The van der Waals surface area contributed by atoms with Crippen LogP contribution in [-0.4, -0.2) is 53.7 Å². The fraction of sp³-hybridized carbons (Fsp3) is 0.294. The molecule has 0 unspecified atom stereocenters. The summed E-state index contributed by atoms with van der Waals surface area (Å²) in [5.74, 6) is 0.109. The molecule has 0 aliphatic carbocycles. The Morgan fingerprint density at radius 3 is 2.76 bits per heavy atom. The summed E-state index contributed by atoms with van der Waals surface area (Å²) in [7, 11) is -3.68. The second kappa shape index (κ2) is 10.5. The number of nitrogens with one attached hydrogen (secondary N) is 4. The highest BCUT2D eigenvalue weighted by atomic mass is 32.2. The summed E-state index contributed by atoms with van der Waals surface area (Å²) in [6, 6.07) is 4.10. The summed E-state index contributed by atoms with van der Waals surface area (Å²) in [5, 5.41) is 11.7. The highest BCUT2D eigenvalue weighted by Gasteiger charge is 2.16. The third-order valence-electron chi connectivity index (χ3n) is 3.35. The van der Waals surface area contributed by atoms with Gasteiger partial charge in [-0.25, -0.2) is 28.0 Å². The number of carbonyl (C=O) groups is 1. The first-order chi connectivity index (χ1) is 13.8. The van der Waals surface area contributed by atoms with Crippen molar-refractivity contribution in [1.82, 2.24) is 30.2 Å². The zero-order chi connectivity index (χ0) is 21.3. The maximum atomic E-state index is 12.4. The van der Waals surface area contributed by atoms with Gasteiger partial charge < -0.3 is 11.1 Å². The second-order valence-corrected chi connectivity index (χ2v) is 7.88. The van der Waals surface area contributed by atoms with Crippen LogP contribution in [0.25, 0.3) is 11.1 Å². The number of sulfonamides is 1. The van der Waals surface area contributed by atoms with Crippen molar-refractivity contribution in [2.24, 2.45) is 5.73 Å². The molecule has 2 amide bonds. The minimum Gasteiger partial charge on any atom is -0.337 e. The molecule has 0 radical (unpaired) electrons. The summed E-state index contributed by atoms with van der Waals surface area (Å²) in [5.41, 5.74) is 6.47. The number of carbonyl (C=O) groups excluding carboxylic acids is 1. The Morgan fingerprint density at radius 1 is 1.24 bits per heavy atom. The van der Waals surface area contributed by atoms with Crippen molar-refractivity contribution in [3.63, 3.8) is 0 Å². The largest absolute Gasteiger partial charge is 0.337 e. The quantitative estimate of drug-likeness (QED) is 0.440. The number of hydrogen-bond donors (Lipinski definition) is 5. The lowest BCUT2D eigenvalue weighted by Gasteiger charge is -2.10. The first kappa shape index (κ1) is 22.2. The molecule has 0 aromatic carbocycles. The third kappa shape index (κ3) is 7.10. The number of anilines is 1. The number of nitrogens with two attached hydrogens (primary N) is 1. The molecule has 0 aliphatic rings. The van der Waals surface area contributed by atoms with E-state index in [1.54, 1.807) is 26.0 Å². The zero-order valence-corrected chi connectivity index (χ0v) is 16.9. The van der Waals surface area contributed by atoms with Crippen LogP contribution in [0.3, 0.4) is 0 Å². The summed E-state index contributed by atoms with van der Waals surface area (Å²) in [6.45, 7) is 4.11. The number of rotatable bonds is 7. The lowest BCUT2D eigenvalue weighted by molar-refractivity contribution is 0.252. The van der Waals surface area contributed by atoms with Gasteiger partial charge in [-0.2, -0.15) is 5.10 Å². The summed E-state index contributed by atoms with van der Waals surface area (Å²) < 4.78 is 27.3. The number of pyridine rings is 1. The molecule has 156 valence electrons. The molecule has 0 fully saturated rings. The topological polar surface area (TPSA) is 168 Å². The molecule has 0 bridgehead atoms. The predicted octanol–water partition coefficient (Wildman–Crippen LogP) is 0.758. The van der Waals surface area contributed by atoms with Crippen molar-refractivity contribution in [2.45, 2.75) is 24.8 Å². The number of aromatic nitrogens is 4. The Morgan fingerprint density at radius 2 is 2.03 bits per heavy atom. The number of aromatic amines is 1. The van der Waals surface area contributed by atoms with Gasteiger partial charge in [0.15, 0.2) is 0 Å².